The predicted octanol–water partition coefficient (Wildman–Crippen LogP) is 6.85. The number of para-hydroxylation sites is 1. The molecule has 1 aliphatic carbocycles. The summed E-state index contributed by atoms with van der Waals surface area (Å²) < 4.78 is 5.40. The van der Waals surface area contributed by atoms with Gasteiger partial charge in [-0.1, -0.05) is 116 Å². The monoisotopic (exact) mass is 885 g/mol. The topological polar surface area (TPSA) is 175 Å². The summed E-state index contributed by atoms with van der Waals surface area (Å²) in [4.78, 5) is 73.5. The van der Waals surface area contributed by atoms with E-state index in [2.05, 4.69) is 27.2 Å². The van der Waals surface area contributed by atoms with Gasteiger partial charge in [0.1, 0.15) is 18.4 Å². The molecule has 7 rings (SSSR count). The lowest BCUT2D eigenvalue weighted by Gasteiger charge is -2.28. The standard InChI is InChI=1S/C54H55N5O7/c1-3-31-66-43-29-27-40(28-30-43)49(61)39-23-25-41(26-24-39)52(63)57-46(33-37-17-9-5-10-18-37)47(60)34-42(32-36-15-7-4-8-16-36)53(64)55-35(2)51(62)59-50-54(65)56-45-22-14-13-21-44(45)48(58-50)38-19-11-6-12-20-38/h1,4-5,7-10,13-18,21-30,35,38,42,46-47,50,60H,6,11-12,19-20,31-34H2,2H3,(H,55,64)(H,56,65)(H,57,63)(H,59,62)/t35-,42+,46-,47+,50-/m0/s1. The molecule has 12 nitrogen and oxygen atoms in total. The number of nitrogens with zero attached hydrogens (tertiary/aromatic N) is 1. The maximum Gasteiger partial charge on any atom is 0.269 e. The van der Waals surface area contributed by atoms with Crippen LogP contribution in [0.15, 0.2) is 138 Å². The van der Waals surface area contributed by atoms with Crippen LogP contribution in [0.5, 0.6) is 5.75 Å². The first-order chi connectivity index (χ1) is 32.1. The number of nitrogens with one attached hydrogen (secondary N) is 4. The summed E-state index contributed by atoms with van der Waals surface area (Å²) >= 11 is 0. The Labute approximate surface area is 385 Å². The molecule has 4 amide bonds. The van der Waals surface area contributed by atoms with E-state index in [0.29, 0.717) is 22.6 Å². The first kappa shape index (κ1) is 46.6. The van der Waals surface area contributed by atoms with Crippen LogP contribution in [0, 0.1) is 24.2 Å². The molecule has 2 aliphatic rings. The number of benzodiazepines with no additional fused rings is 1. The average Bonchev–Trinajstić information content (AvgIpc) is 3.48. The van der Waals surface area contributed by atoms with Gasteiger partial charge in [-0.2, -0.15) is 0 Å². The van der Waals surface area contributed by atoms with Crippen LogP contribution in [-0.2, 0) is 27.2 Å². The minimum Gasteiger partial charge on any atom is -0.481 e. The first-order valence-corrected chi connectivity index (χ1v) is 22.5. The average molecular weight is 886 g/mol. The number of hydrogen-bond donors (Lipinski definition) is 5. The number of anilines is 1. The number of aliphatic imine (C=N–C) groups is 1. The van der Waals surface area contributed by atoms with E-state index in [4.69, 9.17) is 16.2 Å². The molecular weight excluding hydrogens is 831 g/mol. The van der Waals surface area contributed by atoms with Gasteiger partial charge in [-0.15, -0.1) is 6.42 Å². The van der Waals surface area contributed by atoms with Crippen LogP contribution >= 0.6 is 0 Å². The van der Waals surface area contributed by atoms with Crippen LogP contribution in [-0.4, -0.2) is 71.2 Å². The van der Waals surface area contributed by atoms with Gasteiger partial charge in [-0.05, 0) is 92.6 Å². The van der Waals surface area contributed by atoms with E-state index in [9.17, 15) is 29.1 Å². The number of terminal acetylenes is 1. The summed E-state index contributed by atoms with van der Waals surface area (Å²) in [6, 6.07) is 37.2. The SMILES string of the molecule is C#CCOc1ccc(C(=O)c2ccc(C(=O)N[C@@H](Cc3ccccc3)[C@H](O)C[C@@H](Cc3ccccc3)C(=O)N[C@@H](C)C(=O)N[C@@H]3N=C(C4CCCCC4)c4ccccc4NC3=O)cc2)cc1. The second kappa shape index (κ2) is 22.5. The molecule has 0 saturated heterocycles. The van der Waals surface area contributed by atoms with E-state index < -0.39 is 53.9 Å². The third-order valence-electron chi connectivity index (χ3n) is 12.1. The molecule has 0 radical (unpaired) electrons. The van der Waals surface area contributed by atoms with E-state index in [1.165, 1.54) is 0 Å². The molecule has 0 unspecified atom stereocenters. The number of benzene rings is 5. The first-order valence-electron chi connectivity index (χ1n) is 22.5. The number of aliphatic hydroxyl groups excluding tert-OH is 1. The zero-order chi connectivity index (χ0) is 46.4. The molecule has 1 saturated carbocycles. The van der Waals surface area contributed by atoms with Gasteiger partial charge in [0.15, 0.2) is 5.78 Å². The second-order valence-corrected chi connectivity index (χ2v) is 16.9. The largest absolute Gasteiger partial charge is 0.481 e. The van der Waals surface area contributed by atoms with E-state index in [-0.39, 0.29) is 43.1 Å². The Hall–Kier alpha value is -7.36. The molecule has 5 aromatic carbocycles. The lowest BCUT2D eigenvalue weighted by atomic mass is 9.83. The van der Waals surface area contributed by atoms with Gasteiger partial charge in [-0.25, -0.2) is 0 Å². The Bertz CT molecular complexity index is 2550. The number of carbonyl (C=O) groups is 5. The Kier molecular flexibility index (Phi) is 15.9. The third kappa shape index (κ3) is 12.3. The van der Waals surface area contributed by atoms with Crippen molar-refractivity contribution in [2.75, 3.05) is 11.9 Å². The Morgan fingerprint density at radius 3 is 2.00 bits per heavy atom. The molecule has 5 N–H and O–H groups in total. The van der Waals surface area contributed by atoms with Gasteiger partial charge >= 0.3 is 0 Å². The van der Waals surface area contributed by atoms with Crippen molar-refractivity contribution in [3.8, 4) is 18.1 Å². The van der Waals surface area contributed by atoms with Crippen molar-refractivity contribution in [3.05, 3.63) is 167 Å². The van der Waals surface area contributed by atoms with Crippen molar-refractivity contribution in [2.24, 2.45) is 16.8 Å². The Morgan fingerprint density at radius 2 is 1.35 bits per heavy atom. The molecule has 1 fully saturated rings. The Balaban J connectivity index is 1.05. The third-order valence-corrected chi connectivity index (χ3v) is 12.1. The van der Waals surface area contributed by atoms with Gasteiger partial charge in [-0.3, -0.25) is 29.0 Å². The van der Waals surface area contributed by atoms with Crippen LogP contribution in [0.1, 0.15) is 88.4 Å². The second-order valence-electron chi connectivity index (χ2n) is 16.9. The fourth-order valence-corrected chi connectivity index (χ4v) is 8.55. The normalized spacial score (nSPS) is 16.6. The van der Waals surface area contributed by atoms with Crippen LogP contribution < -0.4 is 26.0 Å². The van der Waals surface area contributed by atoms with Gasteiger partial charge in [0.25, 0.3) is 11.8 Å². The Morgan fingerprint density at radius 1 is 0.758 bits per heavy atom. The van der Waals surface area contributed by atoms with Crippen molar-refractivity contribution in [1.29, 1.82) is 0 Å². The lowest BCUT2D eigenvalue weighted by molar-refractivity contribution is -0.132. The van der Waals surface area contributed by atoms with Gasteiger partial charge in [0, 0.05) is 39.8 Å². The fourth-order valence-electron chi connectivity index (χ4n) is 8.55. The predicted molar refractivity (Wildman–Crippen MR) is 254 cm³/mol. The number of rotatable bonds is 18. The van der Waals surface area contributed by atoms with Crippen molar-refractivity contribution < 1.29 is 33.8 Å². The highest BCUT2D eigenvalue weighted by Crippen LogP contribution is 2.32. The van der Waals surface area contributed by atoms with Crippen molar-refractivity contribution >= 4 is 40.8 Å². The smallest absolute Gasteiger partial charge is 0.269 e. The molecule has 5 aromatic rings. The number of carbonyl (C=O) groups excluding carboxylic acids is 5. The molecule has 66 heavy (non-hydrogen) atoms. The van der Waals surface area contributed by atoms with E-state index in [0.717, 1.165) is 54.5 Å². The highest BCUT2D eigenvalue weighted by atomic mass is 16.5. The number of amides is 4. The van der Waals surface area contributed by atoms with E-state index in [1.807, 2.05) is 84.9 Å². The maximum absolute atomic E-state index is 14.3. The van der Waals surface area contributed by atoms with Crippen molar-refractivity contribution in [1.82, 2.24) is 16.0 Å². The van der Waals surface area contributed by atoms with Gasteiger partial charge in [0.2, 0.25) is 18.0 Å². The molecule has 1 heterocycles. The number of aliphatic hydroxyl groups is 1. The molecule has 1 aliphatic heterocycles. The fraction of sp³-hybridized carbons (Fsp3) is 0.296. The number of ketones is 1. The maximum atomic E-state index is 14.3. The molecule has 0 bridgehead atoms. The van der Waals surface area contributed by atoms with Gasteiger partial charge < -0.3 is 31.1 Å². The summed E-state index contributed by atoms with van der Waals surface area (Å²) in [6.07, 6.45) is 8.42. The van der Waals surface area contributed by atoms with Crippen LogP contribution in [0.25, 0.3) is 0 Å². The summed E-state index contributed by atoms with van der Waals surface area (Å²) in [7, 11) is 0. The number of ether oxygens (including phenoxy) is 1. The van der Waals surface area contributed by atoms with Gasteiger partial charge in [0.05, 0.1) is 17.9 Å². The number of fused-ring (bicyclic) bond motifs is 1. The molecule has 338 valence electrons. The number of hydrogen-bond acceptors (Lipinski definition) is 8. The summed E-state index contributed by atoms with van der Waals surface area (Å²) in [6.45, 7) is 1.66. The summed E-state index contributed by atoms with van der Waals surface area (Å²) in [5.41, 5.74) is 5.06. The molecule has 0 aromatic heterocycles. The molecular formula is C54H55N5O7. The summed E-state index contributed by atoms with van der Waals surface area (Å²) in [5, 5.41) is 23.5. The van der Waals surface area contributed by atoms with Crippen molar-refractivity contribution in [2.45, 2.75) is 82.6 Å². The quantitative estimate of drug-likeness (QED) is 0.0473. The highest BCUT2D eigenvalue weighted by molar-refractivity contribution is 6.13. The molecule has 12 heteroatoms. The van der Waals surface area contributed by atoms with Crippen LogP contribution in [0.2, 0.25) is 0 Å². The van der Waals surface area contributed by atoms with E-state index >= 15 is 0 Å². The summed E-state index contributed by atoms with van der Waals surface area (Å²) in [5.74, 6) is -0.00254. The van der Waals surface area contributed by atoms with Crippen molar-refractivity contribution in [3.63, 3.8) is 0 Å². The zero-order valence-electron chi connectivity index (χ0n) is 37.0. The molecule has 5 atom stereocenters. The molecule has 0 spiro atoms. The van der Waals surface area contributed by atoms with Crippen LogP contribution in [0.3, 0.4) is 0 Å². The minimum atomic E-state index is -1.21. The van der Waals surface area contributed by atoms with E-state index in [1.54, 1.807) is 55.5 Å². The minimum absolute atomic E-state index is 0.0643. The zero-order valence-corrected chi connectivity index (χ0v) is 37.0. The lowest BCUT2D eigenvalue weighted by Crippen LogP contribution is -2.52. The van der Waals surface area contributed by atoms with Crippen LogP contribution in [0.4, 0.5) is 5.69 Å². The highest BCUT2D eigenvalue weighted by Gasteiger charge is 2.34.